The molecule has 1 aliphatic carbocycles. The van der Waals surface area contributed by atoms with Gasteiger partial charge in [0.2, 0.25) is 5.95 Å². The zero-order valence-corrected chi connectivity index (χ0v) is 15.1. The molecule has 8 nitrogen and oxygen atoms in total. The van der Waals surface area contributed by atoms with E-state index < -0.39 is 0 Å². The van der Waals surface area contributed by atoms with Crippen LogP contribution in [0.15, 0.2) is 24.4 Å². The van der Waals surface area contributed by atoms with Crippen molar-refractivity contribution in [3.8, 4) is 5.75 Å². The zero-order valence-electron chi connectivity index (χ0n) is 15.1. The molecule has 144 valence electrons. The van der Waals surface area contributed by atoms with Crippen molar-refractivity contribution in [3.05, 3.63) is 24.4 Å². The van der Waals surface area contributed by atoms with Gasteiger partial charge in [-0.2, -0.15) is 0 Å². The van der Waals surface area contributed by atoms with Crippen LogP contribution in [0.4, 0.5) is 10.7 Å². The second-order valence-electron chi connectivity index (χ2n) is 7.01. The second kappa shape index (κ2) is 7.96. The fourth-order valence-electron chi connectivity index (χ4n) is 3.47. The summed E-state index contributed by atoms with van der Waals surface area (Å²) in [5.74, 6) is 1.31. The molecule has 4 rings (SSSR count). The van der Waals surface area contributed by atoms with Crippen LogP contribution in [0.3, 0.4) is 0 Å². The van der Waals surface area contributed by atoms with Gasteiger partial charge in [0, 0.05) is 23.7 Å². The highest BCUT2D eigenvalue weighted by Gasteiger charge is 2.21. The summed E-state index contributed by atoms with van der Waals surface area (Å²) in [7, 11) is 0. The molecule has 2 aromatic rings. The topological polar surface area (TPSA) is 96.8 Å². The molecular weight excluding hydrogens is 348 g/mol. The van der Waals surface area contributed by atoms with Crippen molar-refractivity contribution in [2.45, 2.75) is 37.8 Å². The van der Waals surface area contributed by atoms with Crippen LogP contribution in [0.5, 0.6) is 5.75 Å². The third-order valence-corrected chi connectivity index (χ3v) is 5.06. The smallest absolute Gasteiger partial charge is 0.410 e. The average molecular weight is 372 g/mol. The minimum atomic E-state index is -0.282. The Morgan fingerprint density at radius 3 is 2.93 bits per heavy atom. The SMILES string of the molecule is O=C1OCCN1CCOc1ccc2cnc(NC3CCC(O)CC3)nc2c1. The van der Waals surface area contributed by atoms with E-state index in [1.54, 1.807) is 11.1 Å². The van der Waals surface area contributed by atoms with Crippen LogP contribution in [-0.2, 0) is 4.74 Å². The van der Waals surface area contributed by atoms with Crippen LogP contribution in [-0.4, -0.2) is 64.5 Å². The molecule has 2 N–H and O–H groups in total. The first-order valence-corrected chi connectivity index (χ1v) is 9.43. The van der Waals surface area contributed by atoms with Crippen LogP contribution in [0.1, 0.15) is 25.7 Å². The normalized spacial score (nSPS) is 22.7. The van der Waals surface area contributed by atoms with E-state index in [1.165, 1.54) is 0 Å². The maximum absolute atomic E-state index is 11.4. The summed E-state index contributed by atoms with van der Waals surface area (Å²) in [5.41, 5.74) is 0.807. The number of anilines is 1. The van der Waals surface area contributed by atoms with E-state index in [9.17, 15) is 9.90 Å². The molecule has 0 bridgehead atoms. The highest BCUT2D eigenvalue weighted by molar-refractivity contribution is 5.80. The van der Waals surface area contributed by atoms with Gasteiger partial charge in [0.25, 0.3) is 0 Å². The van der Waals surface area contributed by atoms with Crippen LogP contribution in [0, 0.1) is 0 Å². The molecule has 0 unspecified atom stereocenters. The summed E-state index contributed by atoms with van der Waals surface area (Å²) in [6.07, 6.45) is 4.81. The molecule has 1 aliphatic heterocycles. The Kier molecular flexibility index (Phi) is 5.24. The lowest BCUT2D eigenvalue weighted by Crippen LogP contribution is -2.29. The Morgan fingerprint density at radius 2 is 2.15 bits per heavy atom. The molecule has 27 heavy (non-hydrogen) atoms. The number of aliphatic hydroxyl groups excluding tert-OH is 1. The molecule has 8 heteroatoms. The van der Waals surface area contributed by atoms with Crippen LogP contribution >= 0.6 is 0 Å². The van der Waals surface area contributed by atoms with E-state index in [0.717, 1.165) is 36.6 Å². The first-order chi connectivity index (χ1) is 13.2. The molecular formula is C19H24N4O4. The first-order valence-electron chi connectivity index (χ1n) is 9.43. The Labute approximate surface area is 157 Å². The lowest BCUT2D eigenvalue weighted by atomic mass is 9.93. The Hall–Kier alpha value is -2.61. The van der Waals surface area contributed by atoms with Crippen molar-refractivity contribution in [1.29, 1.82) is 0 Å². The number of carbonyl (C=O) groups excluding carboxylic acids is 1. The summed E-state index contributed by atoms with van der Waals surface area (Å²) in [4.78, 5) is 22.0. The molecule has 2 aliphatic rings. The van der Waals surface area contributed by atoms with Crippen molar-refractivity contribution in [2.75, 3.05) is 31.6 Å². The zero-order chi connectivity index (χ0) is 18.6. The molecule has 1 amide bonds. The van der Waals surface area contributed by atoms with Gasteiger partial charge in [0.1, 0.15) is 19.0 Å². The molecule has 1 saturated heterocycles. The number of nitrogens with one attached hydrogen (secondary N) is 1. The monoisotopic (exact) mass is 372 g/mol. The summed E-state index contributed by atoms with van der Waals surface area (Å²) in [6.45, 7) is 1.96. The molecule has 0 spiro atoms. The van der Waals surface area contributed by atoms with Gasteiger partial charge >= 0.3 is 6.09 Å². The number of amides is 1. The van der Waals surface area contributed by atoms with Crippen molar-refractivity contribution in [3.63, 3.8) is 0 Å². The van der Waals surface area contributed by atoms with Crippen LogP contribution in [0.25, 0.3) is 10.9 Å². The number of benzene rings is 1. The van der Waals surface area contributed by atoms with Crippen molar-refractivity contribution < 1.29 is 19.4 Å². The predicted octanol–water partition coefficient (Wildman–Crippen LogP) is 2.18. The number of fused-ring (bicyclic) bond motifs is 1. The Balaban J connectivity index is 1.37. The lowest BCUT2D eigenvalue weighted by Gasteiger charge is -2.26. The number of carbonyl (C=O) groups is 1. The van der Waals surface area contributed by atoms with Gasteiger partial charge in [-0.1, -0.05) is 0 Å². The van der Waals surface area contributed by atoms with Gasteiger partial charge in [-0.3, -0.25) is 0 Å². The van der Waals surface area contributed by atoms with Crippen LogP contribution < -0.4 is 10.1 Å². The number of ether oxygens (including phenoxy) is 2. The van der Waals surface area contributed by atoms with Gasteiger partial charge in [-0.25, -0.2) is 14.8 Å². The first kappa shape index (κ1) is 17.8. The summed E-state index contributed by atoms with van der Waals surface area (Å²) in [5, 5.41) is 13.9. The van der Waals surface area contributed by atoms with Gasteiger partial charge in [0.05, 0.1) is 24.7 Å². The fourth-order valence-corrected chi connectivity index (χ4v) is 3.47. The van der Waals surface area contributed by atoms with E-state index in [0.29, 0.717) is 44.0 Å². The largest absolute Gasteiger partial charge is 0.492 e. The summed E-state index contributed by atoms with van der Waals surface area (Å²) >= 11 is 0. The quantitative estimate of drug-likeness (QED) is 0.802. The molecule has 1 aromatic carbocycles. The average Bonchev–Trinajstić information content (AvgIpc) is 3.08. The van der Waals surface area contributed by atoms with Crippen molar-refractivity contribution >= 4 is 22.9 Å². The van der Waals surface area contributed by atoms with Gasteiger partial charge < -0.3 is 24.8 Å². The fraction of sp³-hybridized carbons (Fsp3) is 0.526. The molecule has 1 saturated carbocycles. The van der Waals surface area contributed by atoms with Crippen molar-refractivity contribution in [1.82, 2.24) is 14.9 Å². The number of hydrogen-bond acceptors (Lipinski definition) is 7. The minimum absolute atomic E-state index is 0.178. The number of nitrogens with zero attached hydrogens (tertiary/aromatic N) is 3. The number of aromatic nitrogens is 2. The standard InChI is InChI=1S/C19H24N4O4/c24-15-4-2-14(3-5-15)21-18-20-12-13-1-6-16(11-17(13)22-18)26-9-7-23-8-10-27-19(23)25/h1,6,11-12,14-15,24H,2-5,7-10H2,(H,20,21,22). The highest BCUT2D eigenvalue weighted by Crippen LogP contribution is 2.23. The van der Waals surface area contributed by atoms with E-state index in [2.05, 4.69) is 15.3 Å². The van der Waals surface area contributed by atoms with Crippen LogP contribution in [0.2, 0.25) is 0 Å². The molecule has 2 heterocycles. The Bertz CT molecular complexity index is 807. The maximum atomic E-state index is 11.4. The predicted molar refractivity (Wildman–Crippen MR) is 99.8 cm³/mol. The Morgan fingerprint density at radius 1 is 1.30 bits per heavy atom. The minimum Gasteiger partial charge on any atom is -0.492 e. The van der Waals surface area contributed by atoms with E-state index in [1.807, 2.05) is 18.2 Å². The molecule has 0 atom stereocenters. The summed E-state index contributed by atoms with van der Waals surface area (Å²) in [6, 6.07) is 5.99. The summed E-state index contributed by atoms with van der Waals surface area (Å²) < 4.78 is 10.7. The van der Waals surface area contributed by atoms with E-state index in [-0.39, 0.29) is 12.2 Å². The second-order valence-corrected chi connectivity index (χ2v) is 7.01. The maximum Gasteiger partial charge on any atom is 0.410 e. The number of hydrogen-bond donors (Lipinski definition) is 2. The number of cyclic esters (lactones) is 1. The van der Waals surface area contributed by atoms with E-state index in [4.69, 9.17) is 9.47 Å². The van der Waals surface area contributed by atoms with E-state index >= 15 is 0 Å². The van der Waals surface area contributed by atoms with Crippen molar-refractivity contribution in [2.24, 2.45) is 0 Å². The molecule has 2 fully saturated rings. The molecule has 1 aromatic heterocycles. The third kappa shape index (κ3) is 4.39. The number of aliphatic hydroxyl groups is 1. The lowest BCUT2D eigenvalue weighted by molar-refractivity contribution is 0.126. The van der Waals surface area contributed by atoms with Gasteiger partial charge in [-0.05, 0) is 37.8 Å². The molecule has 0 radical (unpaired) electrons. The van der Waals surface area contributed by atoms with Gasteiger partial charge in [-0.15, -0.1) is 0 Å². The third-order valence-electron chi connectivity index (χ3n) is 5.06. The van der Waals surface area contributed by atoms with Gasteiger partial charge in [0.15, 0.2) is 0 Å². The highest BCUT2D eigenvalue weighted by atomic mass is 16.6. The number of rotatable bonds is 6.